The summed E-state index contributed by atoms with van der Waals surface area (Å²) in [5, 5.41) is 11.7. The molecule has 0 aromatic heterocycles. The van der Waals surface area contributed by atoms with Crippen LogP contribution in [0.25, 0.3) is 6.08 Å². The predicted molar refractivity (Wildman–Crippen MR) is 108 cm³/mol. The number of thioether (sulfide) groups is 1. The molecule has 0 aliphatic carbocycles. The minimum atomic E-state index is -0.514. The van der Waals surface area contributed by atoms with Gasteiger partial charge in [-0.3, -0.25) is 9.59 Å². The van der Waals surface area contributed by atoms with Crippen LogP contribution in [0.4, 0.5) is 5.69 Å². The molecule has 1 saturated heterocycles. The van der Waals surface area contributed by atoms with E-state index in [2.05, 4.69) is 5.32 Å². The molecule has 1 unspecified atom stereocenters. The fraction of sp³-hybridized carbons (Fsp3) is 0.190. The Labute approximate surface area is 162 Å². The summed E-state index contributed by atoms with van der Waals surface area (Å²) in [5.74, 6) is 0.651. The zero-order valence-electron chi connectivity index (χ0n) is 14.9. The van der Waals surface area contributed by atoms with Gasteiger partial charge in [0.25, 0.3) is 0 Å². The highest BCUT2D eigenvalue weighted by molar-refractivity contribution is 7.99. The first-order chi connectivity index (χ1) is 13.1. The third-order valence-corrected chi connectivity index (χ3v) is 5.22. The number of benzene rings is 2. The average Bonchev–Trinajstić information content (AvgIpc) is 3.17. The lowest BCUT2D eigenvalue weighted by Gasteiger charge is -2.21. The zero-order chi connectivity index (χ0) is 19.2. The van der Waals surface area contributed by atoms with E-state index < -0.39 is 6.04 Å². The molecule has 1 N–H and O–H groups in total. The largest absolute Gasteiger partial charge is 0.324 e. The van der Waals surface area contributed by atoms with Crippen LogP contribution in [-0.4, -0.2) is 34.4 Å². The summed E-state index contributed by atoms with van der Waals surface area (Å²) >= 11 is 1.56. The van der Waals surface area contributed by atoms with Crippen LogP contribution in [0.15, 0.2) is 54.6 Å². The van der Waals surface area contributed by atoms with E-state index in [-0.39, 0.29) is 11.8 Å². The minimum absolute atomic E-state index is 0.179. The molecular formula is C21H19N3O2S. The molecule has 2 aromatic carbocycles. The van der Waals surface area contributed by atoms with Gasteiger partial charge >= 0.3 is 0 Å². The molecule has 5 nitrogen and oxygen atoms in total. The maximum absolute atomic E-state index is 12.6. The van der Waals surface area contributed by atoms with Crippen molar-refractivity contribution >= 4 is 35.3 Å². The number of hydrogen-bond donors (Lipinski definition) is 1. The average molecular weight is 377 g/mol. The summed E-state index contributed by atoms with van der Waals surface area (Å²) in [4.78, 5) is 26.7. The number of carbonyl (C=O) groups is 2. The highest BCUT2D eigenvalue weighted by Crippen LogP contribution is 2.23. The second-order valence-corrected chi connectivity index (χ2v) is 7.25. The number of anilines is 1. The van der Waals surface area contributed by atoms with Gasteiger partial charge in [-0.05, 0) is 42.8 Å². The molecule has 1 atom stereocenters. The topological polar surface area (TPSA) is 73.2 Å². The van der Waals surface area contributed by atoms with Crippen LogP contribution in [0.2, 0.25) is 0 Å². The number of carbonyl (C=O) groups excluding carboxylic acids is 2. The van der Waals surface area contributed by atoms with Crippen LogP contribution in [-0.2, 0) is 9.59 Å². The Hall–Kier alpha value is -3.04. The molecule has 1 heterocycles. The third-order valence-electron chi connectivity index (χ3n) is 4.21. The van der Waals surface area contributed by atoms with Gasteiger partial charge in [0.2, 0.25) is 11.8 Å². The number of nitrogens with zero attached hydrogens (tertiary/aromatic N) is 2. The fourth-order valence-electron chi connectivity index (χ4n) is 2.77. The first kappa shape index (κ1) is 18.7. The lowest BCUT2D eigenvalue weighted by atomic mass is 10.1. The molecule has 1 aliphatic heterocycles. The van der Waals surface area contributed by atoms with E-state index in [1.54, 1.807) is 47.0 Å². The summed E-state index contributed by atoms with van der Waals surface area (Å²) in [7, 11) is 0. The van der Waals surface area contributed by atoms with Gasteiger partial charge < -0.3 is 10.2 Å². The molecular weight excluding hydrogens is 358 g/mol. The minimum Gasteiger partial charge on any atom is -0.324 e. The van der Waals surface area contributed by atoms with Gasteiger partial charge in [-0.15, -0.1) is 11.8 Å². The molecule has 0 spiro atoms. The zero-order valence-corrected chi connectivity index (χ0v) is 15.7. The van der Waals surface area contributed by atoms with Crippen molar-refractivity contribution in [2.45, 2.75) is 13.0 Å². The Morgan fingerprint density at radius 3 is 2.74 bits per heavy atom. The van der Waals surface area contributed by atoms with Crippen molar-refractivity contribution in [3.63, 3.8) is 0 Å². The number of hydrogen-bond acceptors (Lipinski definition) is 4. The third kappa shape index (κ3) is 4.78. The van der Waals surface area contributed by atoms with Crippen molar-refractivity contribution in [1.82, 2.24) is 4.90 Å². The van der Waals surface area contributed by atoms with Crippen LogP contribution >= 0.6 is 11.8 Å². The Morgan fingerprint density at radius 1 is 1.26 bits per heavy atom. The molecule has 1 fully saturated rings. The van der Waals surface area contributed by atoms with Crippen molar-refractivity contribution in [2.24, 2.45) is 0 Å². The van der Waals surface area contributed by atoms with E-state index in [9.17, 15) is 9.59 Å². The second-order valence-electron chi connectivity index (χ2n) is 6.25. The lowest BCUT2D eigenvalue weighted by Crippen LogP contribution is -2.43. The predicted octanol–water partition coefficient (Wildman–Crippen LogP) is 3.42. The van der Waals surface area contributed by atoms with Crippen LogP contribution < -0.4 is 5.32 Å². The molecule has 2 amide bonds. The summed E-state index contributed by atoms with van der Waals surface area (Å²) in [6.45, 7) is 2.00. The van der Waals surface area contributed by atoms with Gasteiger partial charge in [0.15, 0.2) is 0 Å². The standard InChI is InChI=1S/C21H19N3O2S/c1-15-3-2-4-16(11-15)7-10-20(25)24-14-27-13-19(24)21(26)23-18-8-5-17(12-22)6-9-18/h2-11,19H,13-14H2,1H3,(H,23,26)/b10-7+. The Morgan fingerprint density at radius 2 is 2.04 bits per heavy atom. The van der Waals surface area contributed by atoms with E-state index in [0.29, 0.717) is 22.9 Å². The number of nitriles is 1. The first-order valence-electron chi connectivity index (χ1n) is 8.51. The molecule has 6 heteroatoms. The SMILES string of the molecule is Cc1cccc(/C=C/C(=O)N2CSCC2C(=O)Nc2ccc(C#N)cc2)c1. The lowest BCUT2D eigenvalue weighted by molar-refractivity contribution is -0.132. The molecule has 0 radical (unpaired) electrons. The molecule has 3 rings (SSSR count). The van der Waals surface area contributed by atoms with Crippen LogP contribution in [0.1, 0.15) is 16.7 Å². The maximum atomic E-state index is 12.6. The molecule has 136 valence electrons. The fourth-order valence-corrected chi connectivity index (χ4v) is 3.93. The highest BCUT2D eigenvalue weighted by Gasteiger charge is 2.33. The molecule has 0 bridgehead atoms. The van der Waals surface area contributed by atoms with Crippen molar-refractivity contribution in [3.05, 3.63) is 71.3 Å². The van der Waals surface area contributed by atoms with Crippen molar-refractivity contribution < 1.29 is 9.59 Å². The van der Waals surface area contributed by atoms with Gasteiger partial charge in [0, 0.05) is 17.5 Å². The number of rotatable bonds is 4. The van der Waals surface area contributed by atoms with E-state index in [1.165, 1.54) is 6.08 Å². The normalized spacial score (nSPS) is 16.3. The quantitative estimate of drug-likeness (QED) is 0.829. The number of nitrogens with one attached hydrogen (secondary N) is 1. The summed E-state index contributed by atoms with van der Waals surface area (Å²) in [6.07, 6.45) is 3.29. The monoisotopic (exact) mass is 377 g/mol. The smallest absolute Gasteiger partial charge is 0.248 e. The number of amides is 2. The number of aryl methyl sites for hydroxylation is 1. The molecule has 1 aliphatic rings. The van der Waals surface area contributed by atoms with Crippen LogP contribution in [0.5, 0.6) is 0 Å². The summed E-state index contributed by atoms with van der Waals surface area (Å²) < 4.78 is 0. The molecule has 2 aromatic rings. The van der Waals surface area contributed by atoms with Gasteiger partial charge in [0.1, 0.15) is 6.04 Å². The van der Waals surface area contributed by atoms with E-state index in [4.69, 9.17) is 5.26 Å². The Bertz CT molecular complexity index is 916. The van der Waals surface area contributed by atoms with E-state index in [0.717, 1.165) is 11.1 Å². The van der Waals surface area contributed by atoms with Crippen LogP contribution in [0.3, 0.4) is 0 Å². The van der Waals surface area contributed by atoms with Gasteiger partial charge in [-0.2, -0.15) is 5.26 Å². The first-order valence-corrected chi connectivity index (χ1v) is 9.66. The van der Waals surface area contributed by atoms with Gasteiger partial charge in [-0.25, -0.2) is 0 Å². The Kier molecular flexibility index (Phi) is 5.94. The maximum Gasteiger partial charge on any atom is 0.248 e. The van der Waals surface area contributed by atoms with Gasteiger partial charge in [0.05, 0.1) is 17.5 Å². The van der Waals surface area contributed by atoms with Crippen molar-refractivity contribution in [1.29, 1.82) is 5.26 Å². The Balaban J connectivity index is 1.65. The summed E-state index contributed by atoms with van der Waals surface area (Å²) in [5.41, 5.74) is 3.22. The molecule has 27 heavy (non-hydrogen) atoms. The van der Waals surface area contributed by atoms with Crippen molar-refractivity contribution in [3.8, 4) is 6.07 Å². The summed E-state index contributed by atoms with van der Waals surface area (Å²) in [6, 6.07) is 16.1. The van der Waals surface area contributed by atoms with Gasteiger partial charge in [-0.1, -0.05) is 29.8 Å². The van der Waals surface area contributed by atoms with E-state index >= 15 is 0 Å². The van der Waals surface area contributed by atoms with Crippen molar-refractivity contribution in [2.75, 3.05) is 16.9 Å². The molecule has 0 saturated carbocycles. The van der Waals surface area contributed by atoms with E-state index in [1.807, 2.05) is 37.3 Å². The van der Waals surface area contributed by atoms with Crippen LogP contribution in [0, 0.1) is 18.3 Å². The second kappa shape index (κ2) is 8.56. The highest BCUT2D eigenvalue weighted by atomic mass is 32.2.